The standard InChI is InChI=1S/C14H15N3O2S2/c1-8(15-13(18)10-7-20-14(19)17-10)6-12-16-9-4-2-3-5-11(9)21-12/h2-5,8,10H,6-7H2,1H3,(H,15,18)(H,17,19)/t8-,10+/m0/s1. The van der Waals surface area contributed by atoms with E-state index in [-0.39, 0.29) is 17.2 Å². The highest BCUT2D eigenvalue weighted by molar-refractivity contribution is 8.14. The van der Waals surface area contributed by atoms with Crippen LogP contribution in [0.3, 0.4) is 0 Å². The van der Waals surface area contributed by atoms with Gasteiger partial charge in [-0.2, -0.15) is 0 Å². The molecule has 2 aromatic rings. The molecule has 2 amide bonds. The molecule has 0 unspecified atom stereocenters. The molecule has 0 aliphatic carbocycles. The third kappa shape index (κ3) is 3.36. The zero-order chi connectivity index (χ0) is 14.8. The Hall–Kier alpha value is -1.60. The fourth-order valence-electron chi connectivity index (χ4n) is 2.19. The summed E-state index contributed by atoms with van der Waals surface area (Å²) in [7, 11) is 0. The van der Waals surface area contributed by atoms with Gasteiger partial charge in [-0.25, -0.2) is 4.98 Å². The molecule has 21 heavy (non-hydrogen) atoms. The highest BCUT2D eigenvalue weighted by atomic mass is 32.2. The number of hydrogen-bond donors (Lipinski definition) is 2. The number of carbonyl (C=O) groups excluding carboxylic acids is 2. The average Bonchev–Trinajstić information content (AvgIpc) is 3.03. The molecule has 1 aliphatic rings. The van der Waals surface area contributed by atoms with E-state index in [9.17, 15) is 9.59 Å². The average molecular weight is 321 g/mol. The number of fused-ring (bicyclic) bond motifs is 1. The second-order valence-corrected chi connectivity index (χ2v) is 7.09. The molecular weight excluding hydrogens is 306 g/mol. The monoisotopic (exact) mass is 321 g/mol. The van der Waals surface area contributed by atoms with Gasteiger partial charge in [-0.15, -0.1) is 11.3 Å². The molecule has 1 aromatic carbocycles. The molecule has 7 heteroatoms. The van der Waals surface area contributed by atoms with Gasteiger partial charge in [0.1, 0.15) is 6.04 Å². The maximum atomic E-state index is 12.0. The molecule has 110 valence electrons. The molecule has 2 heterocycles. The van der Waals surface area contributed by atoms with Crippen molar-refractivity contribution in [1.29, 1.82) is 0 Å². The third-order valence-corrected chi connectivity index (χ3v) is 5.14. The van der Waals surface area contributed by atoms with E-state index in [1.165, 1.54) is 0 Å². The van der Waals surface area contributed by atoms with Crippen molar-refractivity contribution in [3.8, 4) is 0 Å². The molecule has 1 aromatic heterocycles. The molecule has 5 nitrogen and oxygen atoms in total. The lowest BCUT2D eigenvalue weighted by atomic mass is 10.2. The van der Waals surface area contributed by atoms with Crippen molar-refractivity contribution in [2.75, 3.05) is 5.75 Å². The number of aromatic nitrogens is 1. The van der Waals surface area contributed by atoms with Crippen LogP contribution in [0.1, 0.15) is 11.9 Å². The van der Waals surface area contributed by atoms with Crippen molar-refractivity contribution in [2.24, 2.45) is 0 Å². The molecule has 3 rings (SSSR count). The molecule has 0 spiro atoms. The zero-order valence-electron chi connectivity index (χ0n) is 11.5. The van der Waals surface area contributed by atoms with Crippen LogP contribution >= 0.6 is 23.1 Å². The second kappa shape index (κ2) is 6.03. The van der Waals surface area contributed by atoms with Crippen LogP contribution in [0.25, 0.3) is 10.2 Å². The second-order valence-electron chi connectivity index (χ2n) is 4.98. The summed E-state index contributed by atoms with van der Waals surface area (Å²) in [6.45, 7) is 1.95. The molecule has 0 radical (unpaired) electrons. The van der Waals surface area contributed by atoms with Gasteiger partial charge in [0.05, 0.1) is 15.2 Å². The van der Waals surface area contributed by atoms with Gasteiger partial charge in [0.25, 0.3) is 5.24 Å². The van der Waals surface area contributed by atoms with Crippen molar-refractivity contribution in [2.45, 2.75) is 25.4 Å². The molecule has 2 atom stereocenters. The minimum absolute atomic E-state index is 0.0134. The summed E-state index contributed by atoms with van der Waals surface area (Å²) in [6, 6.07) is 7.57. The molecule has 0 saturated carbocycles. The summed E-state index contributed by atoms with van der Waals surface area (Å²) >= 11 is 2.80. The molecule has 1 fully saturated rings. The summed E-state index contributed by atoms with van der Waals surface area (Å²) in [6.07, 6.45) is 0.693. The first-order valence-electron chi connectivity index (χ1n) is 6.70. The molecular formula is C14H15N3O2S2. The number of nitrogens with one attached hydrogen (secondary N) is 2. The van der Waals surface area contributed by atoms with E-state index in [1.54, 1.807) is 11.3 Å². The van der Waals surface area contributed by atoms with Crippen LogP contribution in [0.2, 0.25) is 0 Å². The number of hydrogen-bond acceptors (Lipinski definition) is 5. The van der Waals surface area contributed by atoms with Gasteiger partial charge in [0.2, 0.25) is 5.91 Å². The number of thioether (sulfide) groups is 1. The van der Waals surface area contributed by atoms with Crippen molar-refractivity contribution in [3.63, 3.8) is 0 Å². The maximum absolute atomic E-state index is 12.0. The number of amides is 2. The van der Waals surface area contributed by atoms with Gasteiger partial charge in [0.15, 0.2) is 0 Å². The highest BCUT2D eigenvalue weighted by Gasteiger charge is 2.28. The normalized spacial score (nSPS) is 19.5. The Labute approximate surface area is 130 Å². The van der Waals surface area contributed by atoms with E-state index in [2.05, 4.69) is 15.6 Å². The summed E-state index contributed by atoms with van der Waals surface area (Å²) in [4.78, 5) is 27.7. The largest absolute Gasteiger partial charge is 0.351 e. The Bertz CT molecular complexity index is 653. The van der Waals surface area contributed by atoms with Crippen molar-refractivity contribution in [1.82, 2.24) is 15.6 Å². The number of benzene rings is 1. The minimum atomic E-state index is -0.416. The summed E-state index contributed by atoms with van der Waals surface area (Å²) < 4.78 is 1.16. The Morgan fingerprint density at radius 1 is 1.52 bits per heavy atom. The number of rotatable bonds is 4. The van der Waals surface area contributed by atoms with E-state index < -0.39 is 6.04 Å². The van der Waals surface area contributed by atoms with Crippen LogP contribution in [-0.2, 0) is 11.2 Å². The van der Waals surface area contributed by atoms with E-state index in [0.717, 1.165) is 27.0 Å². The summed E-state index contributed by atoms with van der Waals surface area (Å²) in [5, 5.41) is 6.46. The van der Waals surface area contributed by atoms with E-state index in [1.807, 2.05) is 31.2 Å². The lowest BCUT2D eigenvalue weighted by Gasteiger charge is -2.15. The molecule has 1 aliphatic heterocycles. The van der Waals surface area contributed by atoms with E-state index in [4.69, 9.17) is 0 Å². The fourth-order valence-corrected chi connectivity index (χ4v) is 4.06. The summed E-state index contributed by atoms with van der Waals surface area (Å²) in [5.74, 6) is 0.375. The Balaban J connectivity index is 1.59. The van der Waals surface area contributed by atoms with Crippen molar-refractivity contribution in [3.05, 3.63) is 29.3 Å². The van der Waals surface area contributed by atoms with Crippen LogP contribution in [-0.4, -0.2) is 34.0 Å². The molecule has 1 saturated heterocycles. The number of para-hydroxylation sites is 1. The van der Waals surface area contributed by atoms with Gasteiger partial charge >= 0.3 is 0 Å². The lowest BCUT2D eigenvalue weighted by molar-refractivity contribution is -0.122. The Morgan fingerprint density at radius 2 is 2.33 bits per heavy atom. The number of nitrogens with zero attached hydrogens (tertiary/aromatic N) is 1. The topological polar surface area (TPSA) is 71.1 Å². The van der Waals surface area contributed by atoms with Crippen LogP contribution in [0.5, 0.6) is 0 Å². The first-order valence-corrected chi connectivity index (χ1v) is 8.50. The molecule has 0 bridgehead atoms. The lowest BCUT2D eigenvalue weighted by Crippen LogP contribution is -2.46. The first-order chi connectivity index (χ1) is 10.1. The van der Waals surface area contributed by atoms with Gasteiger partial charge in [0, 0.05) is 18.2 Å². The first kappa shape index (κ1) is 14.3. The van der Waals surface area contributed by atoms with Crippen LogP contribution in [0.15, 0.2) is 24.3 Å². The predicted octanol–water partition coefficient (Wildman–Crippen LogP) is 2.17. The number of carbonyl (C=O) groups is 2. The van der Waals surface area contributed by atoms with Gasteiger partial charge < -0.3 is 10.6 Å². The van der Waals surface area contributed by atoms with Gasteiger partial charge in [-0.05, 0) is 19.1 Å². The minimum Gasteiger partial charge on any atom is -0.351 e. The zero-order valence-corrected chi connectivity index (χ0v) is 13.1. The van der Waals surface area contributed by atoms with Crippen molar-refractivity contribution >= 4 is 44.5 Å². The highest BCUT2D eigenvalue weighted by Crippen LogP contribution is 2.22. The van der Waals surface area contributed by atoms with E-state index >= 15 is 0 Å². The van der Waals surface area contributed by atoms with E-state index in [0.29, 0.717) is 12.2 Å². The number of thiazole rings is 1. The SMILES string of the molecule is C[C@@H](Cc1nc2ccccc2s1)NC(=O)[C@H]1CSC(=O)N1. The Morgan fingerprint density at radius 3 is 3.05 bits per heavy atom. The third-order valence-electron chi connectivity index (χ3n) is 3.20. The Kier molecular flexibility index (Phi) is 4.12. The molecule has 2 N–H and O–H groups in total. The van der Waals surface area contributed by atoms with Crippen LogP contribution < -0.4 is 10.6 Å². The van der Waals surface area contributed by atoms with Crippen LogP contribution in [0, 0.1) is 0 Å². The van der Waals surface area contributed by atoms with Crippen molar-refractivity contribution < 1.29 is 9.59 Å². The van der Waals surface area contributed by atoms with Crippen LogP contribution in [0.4, 0.5) is 4.79 Å². The summed E-state index contributed by atoms with van der Waals surface area (Å²) in [5.41, 5.74) is 0.996. The maximum Gasteiger partial charge on any atom is 0.279 e. The predicted molar refractivity (Wildman–Crippen MR) is 85.7 cm³/mol. The van der Waals surface area contributed by atoms with Gasteiger partial charge in [-0.3, -0.25) is 9.59 Å². The smallest absolute Gasteiger partial charge is 0.279 e. The fraction of sp³-hybridized carbons (Fsp3) is 0.357. The van der Waals surface area contributed by atoms with Gasteiger partial charge in [-0.1, -0.05) is 23.9 Å². The quantitative estimate of drug-likeness (QED) is 0.905.